The minimum absolute atomic E-state index is 0.107. The van der Waals surface area contributed by atoms with Crippen molar-refractivity contribution in [2.45, 2.75) is 19.4 Å². The summed E-state index contributed by atoms with van der Waals surface area (Å²) in [6, 6.07) is 0.902. The van der Waals surface area contributed by atoms with Crippen LogP contribution in [0.15, 0.2) is 15.0 Å². The molecule has 1 aromatic rings. The van der Waals surface area contributed by atoms with E-state index in [1.165, 1.54) is 0 Å². The average Bonchev–Trinajstić information content (AvgIpc) is 2.09. The molecule has 0 saturated carbocycles. The summed E-state index contributed by atoms with van der Waals surface area (Å²) in [4.78, 5) is 0. The predicted molar refractivity (Wildman–Crippen MR) is 59.1 cm³/mol. The van der Waals surface area contributed by atoms with Crippen molar-refractivity contribution >= 4 is 31.9 Å². The Hall–Kier alpha value is -0.0000000000000000555. The van der Waals surface area contributed by atoms with E-state index >= 15 is 0 Å². The van der Waals surface area contributed by atoms with E-state index in [-0.39, 0.29) is 20.6 Å². The molecule has 0 spiro atoms. The van der Waals surface area contributed by atoms with Gasteiger partial charge in [-0.3, -0.25) is 0 Å². The van der Waals surface area contributed by atoms with Gasteiger partial charge >= 0.3 is 0 Å². The maximum atomic E-state index is 13.4. The summed E-state index contributed by atoms with van der Waals surface area (Å²) in [5.41, 5.74) is 5.81. The van der Waals surface area contributed by atoms with E-state index < -0.39 is 11.6 Å². The SMILES string of the molecule is CC(N)Cc1c(F)cc(Br)c(F)c1Br. The Labute approximate surface area is 97.9 Å². The molecule has 1 aromatic carbocycles. The number of rotatable bonds is 2. The van der Waals surface area contributed by atoms with E-state index in [4.69, 9.17) is 5.73 Å². The molecule has 0 bridgehead atoms. The van der Waals surface area contributed by atoms with Gasteiger partial charge in [0, 0.05) is 11.6 Å². The third kappa shape index (κ3) is 2.52. The molecule has 1 nitrogen and oxygen atoms in total. The van der Waals surface area contributed by atoms with Crippen LogP contribution in [0.3, 0.4) is 0 Å². The monoisotopic (exact) mass is 327 g/mol. The summed E-state index contributed by atoms with van der Waals surface area (Å²) in [7, 11) is 0. The largest absolute Gasteiger partial charge is 0.328 e. The molecule has 0 aromatic heterocycles. The van der Waals surface area contributed by atoms with Crippen molar-refractivity contribution in [3.63, 3.8) is 0 Å². The van der Waals surface area contributed by atoms with Crippen molar-refractivity contribution in [1.29, 1.82) is 0 Å². The van der Waals surface area contributed by atoms with Crippen LogP contribution in [0.1, 0.15) is 12.5 Å². The molecule has 0 aliphatic rings. The second kappa shape index (κ2) is 4.68. The van der Waals surface area contributed by atoms with Gasteiger partial charge in [-0.1, -0.05) is 0 Å². The lowest BCUT2D eigenvalue weighted by atomic mass is 10.1. The quantitative estimate of drug-likeness (QED) is 0.653. The third-order valence-corrected chi connectivity index (χ3v) is 3.14. The molecule has 1 atom stereocenters. The Kier molecular flexibility index (Phi) is 4.04. The van der Waals surface area contributed by atoms with Crippen molar-refractivity contribution in [2.24, 2.45) is 5.73 Å². The fourth-order valence-corrected chi connectivity index (χ4v) is 2.34. The summed E-state index contributed by atoms with van der Waals surface area (Å²) in [5, 5.41) is 0. The lowest BCUT2D eigenvalue weighted by Gasteiger charge is -2.10. The lowest BCUT2D eigenvalue weighted by Crippen LogP contribution is -2.19. The topological polar surface area (TPSA) is 26.0 Å². The molecule has 0 radical (unpaired) electrons. The van der Waals surface area contributed by atoms with E-state index in [0.717, 1.165) is 6.07 Å². The molecule has 78 valence electrons. The zero-order valence-electron chi connectivity index (χ0n) is 7.45. The highest BCUT2D eigenvalue weighted by molar-refractivity contribution is 9.11. The Morgan fingerprint density at radius 1 is 1.43 bits per heavy atom. The average molecular weight is 329 g/mol. The van der Waals surface area contributed by atoms with Gasteiger partial charge in [0.2, 0.25) is 0 Å². The van der Waals surface area contributed by atoms with Gasteiger partial charge in [0.25, 0.3) is 0 Å². The van der Waals surface area contributed by atoms with Gasteiger partial charge in [-0.2, -0.15) is 0 Å². The molecule has 0 saturated heterocycles. The molecule has 0 heterocycles. The van der Waals surface area contributed by atoms with Gasteiger partial charge in [-0.05, 0) is 51.3 Å². The van der Waals surface area contributed by atoms with Crippen molar-refractivity contribution in [3.8, 4) is 0 Å². The van der Waals surface area contributed by atoms with Gasteiger partial charge in [-0.15, -0.1) is 0 Å². The highest BCUT2D eigenvalue weighted by atomic mass is 79.9. The van der Waals surface area contributed by atoms with Crippen LogP contribution in [-0.4, -0.2) is 6.04 Å². The van der Waals surface area contributed by atoms with E-state index in [9.17, 15) is 8.78 Å². The van der Waals surface area contributed by atoms with E-state index in [2.05, 4.69) is 31.9 Å². The van der Waals surface area contributed by atoms with E-state index in [0.29, 0.717) is 6.42 Å². The standard InChI is InChI=1S/C9H9Br2F2N/c1-4(14)2-5-7(12)3-6(10)9(13)8(5)11/h3-4H,2,14H2,1H3. The summed E-state index contributed by atoms with van der Waals surface area (Å²) < 4.78 is 26.9. The summed E-state index contributed by atoms with van der Waals surface area (Å²) in [5.74, 6) is -0.954. The van der Waals surface area contributed by atoms with Crippen LogP contribution < -0.4 is 5.73 Å². The zero-order chi connectivity index (χ0) is 10.9. The minimum atomic E-state index is -0.498. The Morgan fingerprint density at radius 3 is 2.50 bits per heavy atom. The third-order valence-electron chi connectivity index (χ3n) is 1.74. The molecule has 0 aliphatic carbocycles. The van der Waals surface area contributed by atoms with Crippen molar-refractivity contribution < 1.29 is 8.78 Å². The normalized spacial score (nSPS) is 13.0. The lowest BCUT2D eigenvalue weighted by molar-refractivity contribution is 0.564. The number of benzene rings is 1. The maximum Gasteiger partial charge on any atom is 0.152 e. The van der Waals surface area contributed by atoms with E-state index in [1.807, 2.05) is 0 Å². The number of nitrogens with two attached hydrogens (primary N) is 1. The molecule has 1 rings (SSSR count). The molecule has 0 amide bonds. The Morgan fingerprint density at radius 2 is 2.00 bits per heavy atom. The first kappa shape index (κ1) is 12.1. The molecule has 0 aliphatic heterocycles. The van der Waals surface area contributed by atoms with Crippen molar-refractivity contribution in [2.75, 3.05) is 0 Å². The molecule has 14 heavy (non-hydrogen) atoms. The minimum Gasteiger partial charge on any atom is -0.328 e. The summed E-state index contributed by atoms with van der Waals surface area (Å²) >= 11 is 5.93. The Balaban J connectivity index is 3.22. The van der Waals surface area contributed by atoms with Gasteiger partial charge in [0.1, 0.15) is 5.82 Å². The zero-order valence-corrected chi connectivity index (χ0v) is 10.6. The van der Waals surface area contributed by atoms with Gasteiger partial charge in [0.05, 0.1) is 8.95 Å². The molecule has 2 N–H and O–H groups in total. The predicted octanol–water partition coefficient (Wildman–Crippen LogP) is 3.38. The fourth-order valence-electron chi connectivity index (χ4n) is 1.11. The first-order chi connectivity index (χ1) is 6.43. The van der Waals surface area contributed by atoms with Crippen LogP contribution in [0.2, 0.25) is 0 Å². The molecular formula is C9H9Br2F2N. The molecular weight excluding hydrogens is 320 g/mol. The molecule has 5 heteroatoms. The van der Waals surface area contributed by atoms with Gasteiger partial charge in [0.15, 0.2) is 5.82 Å². The van der Waals surface area contributed by atoms with E-state index in [1.54, 1.807) is 6.92 Å². The highest BCUT2D eigenvalue weighted by Gasteiger charge is 2.16. The van der Waals surface area contributed by atoms with Crippen LogP contribution in [0.5, 0.6) is 0 Å². The molecule has 1 unspecified atom stereocenters. The summed E-state index contributed by atoms with van der Waals surface area (Å²) in [6.07, 6.45) is 0.302. The van der Waals surface area contributed by atoms with Crippen LogP contribution in [-0.2, 0) is 6.42 Å². The van der Waals surface area contributed by atoms with Gasteiger partial charge in [-0.25, -0.2) is 8.78 Å². The van der Waals surface area contributed by atoms with Crippen LogP contribution >= 0.6 is 31.9 Å². The number of hydrogen-bond donors (Lipinski definition) is 1. The van der Waals surface area contributed by atoms with Crippen LogP contribution in [0, 0.1) is 11.6 Å². The highest BCUT2D eigenvalue weighted by Crippen LogP contribution is 2.30. The second-order valence-electron chi connectivity index (χ2n) is 3.13. The number of halogens is 4. The van der Waals surface area contributed by atoms with Crippen molar-refractivity contribution in [3.05, 3.63) is 32.2 Å². The van der Waals surface area contributed by atoms with Gasteiger partial charge < -0.3 is 5.73 Å². The second-order valence-corrected chi connectivity index (χ2v) is 4.78. The summed E-state index contributed by atoms with van der Waals surface area (Å²) in [6.45, 7) is 1.74. The van der Waals surface area contributed by atoms with Crippen LogP contribution in [0.25, 0.3) is 0 Å². The fraction of sp³-hybridized carbons (Fsp3) is 0.333. The first-order valence-corrected chi connectivity index (χ1v) is 5.59. The first-order valence-electron chi connectivity index (χ1n) is 4.01. The number of hydrogen-bond acceptors (Lipinski definition) is 1. The maximum absolute atomic E-state index is 13.4. The smallest absolute Gasteiger partial charge is 0.152 e. The van der Waals surface area contributed by atoms with Crippen molar-refractivity contribution in [1.82, 2.24) is 0 Å². The van der Waals surface area contributed by atoms with Crippen LogP contribution in [0.4, 0.5) is 8.78 Å². The Bertz CT molecular complexity index is 353. The molecule has 0 fully saturated rings.